The van der Waals surface area contributed by atoms with Crippen LogP contribution in [0.25, 0.3) is 0 Å². The number of rotatable bonds is 8. The number of nitrogens with zero attached hydrogens (tertiary/aromatic N) is 1. The minimum atomic E-state index is -0.375. The van der Waals surface area contributed by atoms with Gasteiger partial charge in [0.1, 0.15) is 12.4 Å². The predicted octanol–water partition coefficient (Wildman–Crippen LogP) is 1.87. The Labute approximate surface area is 183 Å². The van der Waals surface area contributed by atoms with E-state index in [1.165, 1.54) is 7.11 Å². The minimum absolute atomic E-state index is 0.0537. The third-order valence-corrected chi connectivity index (χ3v) is 5.94. The standard InChI is InChI=1S/C23H33NO7/c1-15-9-18(23(27)28-3)10-16(2)21(15)31-8-7-30-20-11-19(13-25)24(12-20)22(26)17-5-4-6-29-14-17/h9-10,17,19-20,25H,4-8,11-14H2,1-3H3/t17?,19-,20-/m1/s1. The molecule has 0 radical (unpaired) electrons. The Balaban J connectivity index is 1.49. The van der Waals surface area contributed by atoms with E-state index in [1.54, 1.807) is 17.0 Å². The van der Waals surface area contributed by atoms with E-state index < -0.39 is 0 Å². The van der Waals surface area contributed by atoms with Crippen molar-refractivity contribution in [2.24, 2.45) is 5.92 Å². The van der Waals surface area contributed by atoms with Gasteiger partial charge in [0.15, 0.2) is 0 Å². The molecule has 2 heterocycles. The van der Waals surface area contributed by atoms with Gasteiger partial charge >= 0.3 is 5.97 Å². The fourth-order valence-corrected chi connectivity index (χ4v) is 4.38. The van der Waals surface area contributed by atoms with Crippen LogP contribution in [0, 0.1) is 19.8 Å². The van der Waals surface area contributed by atoms with E-state index in [4.69, 9.17) is 18.9 Å². The predicted molar refractivity (Wildman–Crippen MR) is 113 cm³/mol. The second-order valence-electron chi connectivity index (χ2n) is 8.25. The molecule has 0 saturated carbocycles. The Kier molecular flexibility index (Phi) is 8.28. The highest BCUT2D eigenvalue weighted by molar-refractivity contribution is 5.90. The summed E-state index contributed by atoms with van der Waals surface area (Å²) in [5, 5.41) is 9.72. The first kappa shape index (κ1) is 23.5. The van der Waals surface area contributed by atoms with Crippen molar-refractivity contribution in [1.82, 2.24) is 4.90 Å². The Morgan fingerprint density at radius 1 is 1.23 bits per heavy atom. The van der Waals surface area contributed by atoms with Crippen molar-refractivity contribution in [2.75, 3.05) is 46.7 Å². The van der Waals surface area contributed by atoms with Crippen molar-refractivity contribution in [3.8, 4) is 5.75 Å². The number of aliphatic hydroxyl groups is 1. The van der Waals surface area contributed by atoms with Gasteiger partial charge in [-0.25, -0.2) is 4.79 Å². The topological polar surface area (TPSA) is 94.5 Å². The number of aliphatic hydroxyl groups excluding tert-OH is 1. The van der Waals surface area contributed by atoms with Crippen LogP contribution in [0.2, 0.25) is 0 Å². The highest BCUT2D eigenvalue weighted by atomic mass is 16.5. The second-order valence-corrected chi connectivity index (χ2v) is 8.25. The lowest BCUT2D eigenvalue weighted by Gasteiger charge is -2.29. The van der Waals surface area contributed by atoms with Gasteiger partial charge in [0.05, 0.1) is 50.6 Å². The molecule has 0 aliphatic carbocycles. The molecule has 3 rings (SSSR count). The lowest BCUT2D eigenvalue weighted by molar-refractivity contribution is -0.141. The zero-order chi connectivity index (χ0) is 22.4. The zero-order valence-electron chi connectivity index (χ0n) is 18.6. The average Bonchev–Trinajstić information content (AvgIpc) is 3.20. The van der Waals surface area contributed by atoms with Crippen LogP contribution in [-0.2, 0) is 19.0 Å². The smallest absolute Gasteiger partial charge is 0.337 e. The Bertz CT molecular complexity index is 752. The van der Waals surface area contributed by atoms with E-state index in [9.17, 15) is 14.7 Å². The van der Waals surface area contributed by atoms with Crippen molar-refractivity contribution in [2.45, 2.75) is 45.3 Å². The number of benzene rings is 1. The number of methoxy groups -OCH3 is 1. The molecule has 172 valence electrons. The van der Waals surface area contributed by atoms with Crippen LogP contribution >= 0.6 is 0 Å². The van der Waals surface area contributed by atoms with Gasteiger partial charge in [-0.2, -0.15) is 0 Å². The van der Waals surface area contributed by atoms with Crippen molar-refractivity contribution in [3.63, 3.8) is 0 Å². The summed E-state index contributed by atoms with van der Waals surface area (Å²) in [7, 11) is 1.36. The van der Waals surface area contributed by atoms with Crippen LogP contribution in [0.5, 0.6) is 5.75 Å². The number of esters is 1. The molecule has 1 aromatic rings. The fourth-order valence-electron chi connectivity index (χ4n) is 4.38. The maximum absolute atomic E-state index is 12.8. The lowest BCUT2D eigenvalue weighted by Crippen LogP contribution is -2.44. The molecule has 2 saturated heterocycles. The summed E-state index contributed by atoms with van der Waals surface area (Å²) in [5.41, 5.74) is 2.20. The van der Waals surface area contributed by atoms with Crippen LogP contribution in [0.1, 0.15) is 40.7 Å². The van der Waals surface area contributed by atoms with Crippen molar-refractivity contribution in [3.05, 3.63) is 28.8 Å². The fraction of sp³-hybridized carbons (Fsp3) is 0.652. The first-order chi connectivity index (χ1) is 14.9. The van der Waals surface area contributed by atoms with Crippen molar-refractivity contribution < 1.29 is 33.6 Å². The first-order valence-corrected chi connectivity index (χ1v) is 10.9. The molecule has 0 spiro atoms. The summed E-state index contributed by atoms with van der Waals surface area (Å²) >= 11 is 0. The Morgan fingerprint density at radius 2 is 1.97 bits per heavy atom. The van der Waals surface area contributed by atoms with Crippen LogP contribution in [0.15, 0.2) is 12.1 Å². The number of aryl methyl sites for hydroxylation is 2. The molecule has 1 unspecified atom stereocenters. The molecule has 0 bridgehead atoms. The van der Waals surface area contributed by atoms with E-state index in [2.05, 4.69) is 0 Å². The number of ether oxygens (including phenoxy) is 4. The SMILES string of the molecule is COC(=O)c1cc(C)c(OCCO[C@@H]2C[C@H](CO)N(C(=O)C3CCCOC3)C2)c(C)c1. The van der Waals surface area contributed by atoms with Crippen LogP contribution in [0.4, 0.5) is 0 Å². The normalized spacial score (nSPS) is 23.6. The van der Waals surface area contributed by atoms with Crippen LogP contribution in [0.3, 0.4) is 0 Å². The van der Waals surface area contributed by atoms with Crippen LogP contribution < -0.4 is 4.74 Å². The molecule has 1 aromatic carbocycles. The largest absolute Gasteiger partial charge is 0.491 e. The summed E-state index contributed by atoms with van der Waals surface area (Å²) in [5.74, 6) is 0.284. The maximum Gasteiger partial charge on any atom is 0.337 e. The molecule has 2 aliphatic heterocycles. The molecule has 0 aromatic heterocycles. The molecule has 31 heavy (non-hydrogen) atoms. The zero-order valence-corrected chi connectivity index (χ0v) is 18.6. The van der Waals surface area contributed by atoms with E-state index in [-0.39, 0.29) is 36.5 Å². The molecule has 8 heteroatoms. The van der Waals surface area contributed by atoms with Gasteiger partial charge in [-0.05, 0) is 56.4 Å². The van der Waals surface area contributed by atoms with Gasteiger partial charge in [-0.1, -0.05) is 0 Å². The average molecular weight is 436 g/mol. The molecule has 1 N–H and O–H groups in total. The minimum Gasteiger partial charge on any atom is -0.491 e. The third kappa shape index (κ3) is 5.75. The van der Waals surface area contributed by atoms with Gasteiger partial charge in [-0.3, -0.25) is 4.79 Å². The number of hydrogen-bond donors (Lipinski definition) is 1. The van der Waals surface area contributed by atoms with Gasteiger partial charge in [0.25, 0.3) is 0 Å². The van der Waals surface area contributed by atoms with Crippen molar-refractivity contribution >= 4 is 11.9 Å². The highest BCUT2D eigenvalue weighted by Gasteiger charge is 2.38. The van der Waals surface area contributed by atoms with E-state index in [0.29, 0.717) is 45.0 Å². The van der Waals surface area contributed by atoms with Gasteiger partial charge in [-0.15, -0.1) is 0 Å². The van der Waals surface area contributed by atoms with Gasteiger partial charge < -0.3 is 29.0 Å². The molecular weight excluding hydrogens is 402 g/mol. The number of likely N-dealkylation sites (tertiary alicyclic amines) is 1. The number of hydrogen-bond acceptors (Lipinski definition) is 7. The van der Waals surface area contributed by atoms with Crippen molar-refractivity contribution in [1.29, 1.82) is 0 Å². The van der Waals surface area contributed by atoms with Gasteiger partial charge in [0.2, 0.25) is 5.91 Å². The molecular formula is C23H33NO7. The molecule has 1 amide bonds. The number of carbonyl (C=O) groups excluding carboxylic acids is 2. The summed E-state index contributed by atoms with van der Waals surface area (Å²) in [6.45, 7) is 6.07. The summed E-state index contributed by atoms with van der Waals surface area (Å²) < 4.78 is 22.1. The van der Waals surface area contributed by atoms with Crippen LogP contribution in [-0.4, -0.2) is 80.7 Å². The molecule has 2 aliphatic rings. The third-order valence-electron chi connectivity index (χ3n) is 5.94. The van der Waals surface area contributed by atoms with Gasteiger partial charge in [0, 0.05) is 13.2 Å². The van der Waals surface area contributed by atoms with E-state index in [1.807, 2.05) is 13.8 Å². The molecule has 8 nitrogen and oxygen atoms in total. The first-order valence-electron chi connectivity index (χ1n) is 10.9. The summed E-state index contributed by atoms with van der Waals surface area (Å²) in [4.78, 5) is 26.3. The lowest BCUT2D eigenvalue weighted by atomic mass is 10.0. The maximum atomic E-state index is 12.8. The monoisotopic (exact) mass is 435 g/mol. The molecule has 2 fully saturated rings. The number of amides is 1. The quantitative estimate of drug-likeness (QED) is 0.492. The Morgan fingerprint density at radius 3 is 2.58 bits per heavy atom. The summed E-state index contributed by atoms with van der Waals surface area (Å²) in [6, 6.07) is 3.28. The molecule has 3 atom stereocenters. The second kappa shape index (κ2) is 10.9. The highest BCUT2D eigenvalue weighted by Crippen LogP contribution is 2.27. The van der Waals surface area contributed by atoms with E-state index in [0.717, 1.165) is 29.7 Å². The van der Waals surface area contributed by atoms with E-state index >= 15 is 0 Å². The Hall–Kier alpha value is -2.16. The number of carbonyl (C=O) groups is 2. The summed E-state index contributed by atoms with van der Waals surface area (Å²) in [6.07, 6.45) is 2.21.